The van der Waals surface area contributed by atoms with Gasteiger partial charge in [0.1, 0.15) is 0 Å². The number of hydrogen-bond acceptors (Lipinski definition) is 5. The van der Waals surface area contributed by atoms with Crippen molar-refractivity contribution in [2.45, 2.75) is 37.2 Å². The van der Waals surface area contributed by atoms with Crippen molar-refractivity contribution in [1.82, 2.24) is 19.7 Å². The maximum Gasteiger partial charge on any atom is 0.237 e. The van der Waals surface area contributed by atoms with Gasteiger partial charge in [-0.15, -0.1) is 10.2 Å². The lowest BCUT2D eigenvalue weighted by Crippen LogP contribution is -2.24. The molecule has 0 saturated heterocycles. The van der Waals surface area contributed by atoms with Crippen LogP contribution in [0.2, 0.25) is 0 Å². The molecule has 3 aromatic rings. The van der Waals surface area contributed by atoms with Crippen molar-refractivity contribution in [2.75, 3.05) is 5.32 Å². The van der Waals surface area contributed by atoms with E-state index in [1.165, 1.54) is 0 Å². The summed E-state index contributed by atoms with van der Waals surface area (Å²) in [7, 11) is 0. The van der Waals surface area contributed by atoms with E-state index in [1.54, 1.807) is 19.3 Å². The molecule has 29 heavy (non-hydrogen) atoms. The van der Waals surface area contributed by atoms with Crippen molar-refractivity contribution in [3.8, 4) is 11.4 Å². The van der Waals surface area contributed by atoms with Crippen molar-refractivity contribution in [1.29, 1.82) is 0 Å². The summed E-state index contributed by atoms with van der Waals surface area (Å²) in [6.07, 6.45) is 4.13. The molecule has 0 aliphatic heterocycles. The van der Waals surface area contributed by atoms with Crippen molar-refractivity contribution in [3.05, 3.63) is 54.1 Å². The highest BCUT2D eigenvalue weighted by molar-refractivity contribution is 8.00. The maximum atomic E-state index is 13.8. The van der Waals surface area contributed by atoms with Gasteiger partial charge in [0, 0.05) is 24.5 Å². The summed E-state index contributed by atoms with van der Waals surface area (Å²) < 4.78 is 42.1. The molecule has 6 nitrogen and oxygen atoms in total. The van der Waals surface area contributed by atoms with E-state index >= 15 is 0 Å². The van der Waals surface area contributed by atoms with E-state index in [9.17, 15) is 18.0 Å². The molecule has 0 radical (unpaired) electrons. The molecule has 1 N–H and O–H groups in total. The number of aromatic nitrogens is 4. The van der Waals surface area contributed by atoms with Crippen molar-refractivity contribution >= 4 is 23.4 Å². The summed E-state index contributed by atoms with van der Waals surface area (Å²) in [6.45, 7) is 4.25. The van der Waals surface area contributed by atoms with Crippen LogP contribution in [-0.2, 0) is 11.3 Å². The molecule has 1 aromatic carbocycles. The number of nitrogens with zero attached hydrogens (tertiary/aromatic N) is 4. The fourth-order valence-electron chi connectivity index (χ4n) is 2.58. The zero-order valence-corrected chi connectivity index (χ0v) is 16.5. The van der Waals surface area contributed by atoms with Crippen LogP contribution in [0.3, 0.4) is 0 Å². The molecule has 2 aromatic heterocycles. The molecule has 0 bridgehead atoms. The number of pyridine rings is 1. The summed E-state index contributed by atoms with van der Waals surface area (Å²) in [5.41, 5.74) is 0.419. The predicted octanol–water partition coefficient (Wildman–Crippen LogP) is 4.29. The van der Waals surface area contributed by atoms with Gasteiger partial charge < -0.3 is 9.88 Å². The van der Waals surface area contributed by atoms with E-state index in [4.69, 9.17) is 0 Å². The molecule has 10 heteroatoms. The molecule has 152 valence electrons. The normalized spacial score (nSPS) is 12.0. The molecular formula is C19H18F3N5OS. The average Bonchev–Trinajstić information content (AvgIpc) is 3.11. The Morgan fingerprint density at radius 3 is 2.55 bits per heavy atom. The summed E-state index contributed by atoms with van der Waals surface area (Å²) in [5.74, 6) is -4.32. The Hall–Kier alpha value is -2.88. The molecule has 2 heterocycles. The maximum absolute atomic E-state index is 13.8. The van der Waals surface area contributed by atoms with Crippen molar-refractivity contribution in [3.63, 3.8) is 0 Å². The van der Waals surface area contributed by atoms with Gasteiger partial charge in [0.15, 0.2) is 28.4 Å². The van der Waals surface area contributed by atoms with Gasteiger partial charge in [-0.2, -0.15) is 0 Å². The van der Waals surface area contributed by atoms with Crippen LogP contribution in [0.4, 0.5) is 18.9 Å². The van der Waals surface area contributed by atoms with Crippen LogP contribution in [0.25, 0.3) is 11.4 Å². The molecule has 0 aliphatic rings. The van der Waals surface area contributed by atoms with Gasteiger partial charge in [-0.1, -0.05) is 18.7 Å². The van der Waals surface area contributed by atoms with Gasteiger partial charge in [0.2, 0.25) is 5.91 Å². The third-order valence-corrected chi connectivity index (χ3v) is 5.13. The Morgan fingerprint density at radius 1 is 1.14 bits per heavy atom. The van der Waals surface area contributed by atoms with Gasteiger partial charge in [-0.25, -0.2) is 13.2 Å². The second-order valence-electron chi connectivity index (χ2n) is 6.17. The third kappa shape index (κ3) is 4.58. The number of rotatable bonds is 7. The molecule has 3 rings (SSSR count). The van der Waals surface area contributed by atoms with Gasteiger partial charge in [-0.3, -0.25) is 9.78 Å². The number of nitrogens with one attached hydrogen (secondary N) is 1. The molecular weight excluding hydrogens is 403 g/mol. The van der Waals surface area contributed by atoms with Crippen LogP contribution < -0.4 is 5.32 Å². The van der Waals surface area contributed by atoms with Gasteiger partial charge >= 0.3 is 0 Å². The quantitative estimate of drug-likeness (QED) is 0.455. The highest BCUT2D eigenvalue weighted by Gasteiger charge is 2.22. The highest BCUT2D eigenvalue weighted by atomic mass is 32.2. The largest absolute Gasteiger partial charge is 0.323 e. The number of thioether (sulfide) groups is 1. The Balaban J connectivity index is 1.78. The number of carbonyl (C=O) groups excluding carboxylic acids is 1. The van der Waals surface area contributed by atoms with Crippen LogP contribution >= 0.6 is 11.8 Å². The van der Waals surface area contributed by atoms with Crippen LogP contribution in [0, 0.1) is 17.5 Å². The average molecular weight is 421 g/mol. The van der Waals surface area contributed by atoms with E-state index in [2.05, 4.69) is 20.5 Å². The summed E-state index contributed by atoms with van der Waals surface area (Å²) >= 11 is 1.14. The first-order valence-electron chi connectivity index (χ1n) is 8.87. The Morgan fingerprint density at radius 2 is 1.86 bits per heavy atom. The number of anilines is 1. The van der Waals surface area contributed by atoms with Crippen LogP contribution in [0.15, 0.2) is 41.8 Å². The number of carbonyl (C=O) groups is 1. The van der Waals surface area contributed by atoms with E-state index in [1.807, 2.05) is 23.6 Å². The molecule has 0 fully saturated rings. The topological polar surface area (TPSA) is 72.7 Å². The lowest BCUT2D eigenvalue weighted by molar-refractivity contribution is -0.115. The molecule has 1 atom stereocenters. The number of halogens is 3. The first kappa shape index (κ1) is 20.8. The number of benzene rings is 1. The lowest BCUT2D eigenvalue weighted by atomic mass is 10.2. The Labute approximate surface area is 169 Å². The van der Waals surface area contributed by atoms with Gasteiger partial charge in [0.05, 0.1) is 10.9 Å². The molecule has 1 amide bonds. The first-order valence-corrected chi connectivity index (χ1v) is 9.75. The smallest absolute Gasteiger partial charge is 0.237 e. The number of amides is 1. The van der Waals surface area contributed by atoms with E-state index in [-0.39, 0.29) is 0 Å². The SMILES string of the molecule is CCCn1c(SC(C)C(=O)Nc2ccc(F)c(F)c2F)nnc1-c1ccncc1. The second kappa shape index (κ2) is 9.08. The van der Waals surface area contributed by atoms with E-state index < -0.39 is 34.3 Å². The Kier molecular flexibility index (Phi) is 6.53. The minimum Gasteiger partial charge on any atom is -0.323 e. The molecule has 0 saturated carbocycles. The third-order valence-electron chi connectivity index (χ3n) is 4.05. The van der Waals surface area contributed by atoms with Crippen LogP contribution in [0.1, 0.15) is 20.3 Å². The molecule has 1 unspecified atom stereocenters. The van der Waals surface area contributed by atoms with Crippen molar-refractivity contribution < 1.29 is 18.0 Å². The minimum absolute atomic E-state index is 0.422. The van der Waals surface area contributed by atoms with E-state index in [0.717, 1.165) is 35.9 Å². The van der Waals surface area contributed by atoms with E-state index in [0.29, 0.717) is 17.5 Å². The second-order valence-corrected chi connectivity index (χ2v) is 7.47. The standard InChI is InChI=1S/C19H18F3N5OS/c1-3-10-27-17(12-6-8-23-9-7-12)25-26-19(27)29-11(2)18(28)24-14-5-4-13(20)15(21)16(14)22/h4-9,11H,3,10H2,1-2H3,(H,24,28). The van der Waals surface area contributed by atoms with Gasteiger partial charge in [0.25, 0.3) is 0 Å². The lowest BCUT2D eigenvalue weighted by Gasteiger charge is -2.14. The zero-order valence-electron chi connectivity index (χ0n) is 15.7. The monoisotopic (exact) mass is 421 g/mol. The predicted molar refractivity (Wildman–Crippen MR) is 104 cm³/mol. The first-order chi connectivity index (χ1) is 13.9. The molecule has 0 spiro atoms. The summed E-state index contributed by atoms with van der Waals surface area (Å²) in [6, 6.07) is 5.36. The highest BCUT2D eigenvalue weighted by Crippen LogP contribution is 2.28. The fraction of sp³-hybridized carbons (Fsp3) is 0.263. The Bertz CT molecular complexity index is 1010. The summed E-state index contributed by atoms with van der Waals surface area (Å²) in [4.78, 5) is 16.4. The minimum atomic E-state index is -1.63. The fourth-order valence-corrected chi connectivity index (χ4v) is 3.46. The van der Waals surface area contributed by atoms with Crippen LogP contribution in [-0.4, -0.2) is 30.9 Å². The van der Waals surface area contributed by atoms with Crippen LogP contribution in [0.5, 0.6) is 0 Å². The zero-order chi connectivity index (χ0) is 21.0. The molecule has 0 aliphatic carbocycles. The van der Waals surface area contributed by atoms with Gasteiger partial charge in [-0.05, 0) is 37.6 Å². The summed E-state index contributed by atoms with van der Waals surface area (Å²) in [5, 5.41) is 10.5. The number of hydrogen-bond donors (Lipinski definition) is 1. The van der Waals surface area contributed by atoms with Crippen molar-refractivity contribution in [2.24, 2.45) is 0 Å².